The predicted molar refractivity (Wildman–Crippen MR) is 144 cm³/mol. The highest BCUT2D eigenvalue weighted by atomic mass is 35.5. The Labute approximate surface area is 213 Å². The molecule has 0 aliphatic rings. The van der Waals surface area contributed by atoms with Gasteiger partial charge in [-0.25, -0.2) is 9.67 Å². The van der Waals surface area contributed by atoms with Gasteiger partial charge in [0, 0.05) is 21.4 Å². The first kappa shape index (κ1) is 22.4. The largest absolute Gasteiger partial charge is 0.370 e. The van der Waals surface area contributed by atoms with Crippen molar-refractivity contribution in [3.05, 3.63) is 125 Å². The van der Waals surface area contributed by atoms with Gasteiger partial charge in [0.2, 0.25) is 0 Å². The number of benzene rings is 4. The molecule has 2 heterocycles. The highest BCUT2D eigenvalue weighted by Gasteiger charge is 2.13. The smallest absolute Gasteiger partial charge is 0.108 e. The van der Waals surface area contributed by atoms with Gasteiger partial charge in [0.25, 0.3) is 0 Å². The molecule has 0 saturated heterocycles. The molecule has 0 bridgehead atoms. The fourth-order valence-electron chi connectivity index (χ4n) is 4.47. The molecule has 0 aliphatic carbocycles. The van der Waals surface area contributed by atoms with E-state index in [1.165, 1.54) is 5.56 Å². The lowest BCUT2D eigenvalue weighted by atomic mass is 10.0. The maximum absolute atomic E-state index is 6.54. The second-order valence-electron chi connectivity index (χ2n) is 8.72. The summed E-state index contributed by atoms with van der Waals surface area (Å²) in [4.78, 5) is 5.04. The van der Waals surface area contributed by atoms with Crippen LogP contribution in [0.5, 0.6) is 0 Å². The van der Waals surface area contributed by atoms with E-state index in [0.29, 0.717) is 24.8 Å². The lowest BCUT2D eigenvalue weighted by Gasteiger charge is -2.13. The molecule has 0 saturated carbocycles. The van der Waals surface area contributed by atoms with E-state index in [0.717, 1.165) is 44.2 Å². The fourth-order valence-corrected chi connectivity index (χ4v) is 4.71. The summed E-state index contributed by atoms with van der Waals surface area (Å²) >= 11 is 6.54. The Morgan fingerprint density at radius 3 is 2.47 bits per heavy atom. The molecule has 6 heteroatoms. The highest BCUT2D eigenvalue weighted by Crippen LogP contribution is 2.33. The van der Waals surface area contributed by atoms with Crippen molar-refractivity contribution >= 4 is 33.3 Å². The van der Waals surface area contributed by atoms with Gasteiger partial charge < -0.3 is 4.74 Å². The van der Waals surface area contributed by atoms with Crippen LogP contribution in [0, 0.1) is 0 Å². The van der Waals surface area contributed by atoms with Gasteiger partial charge in [0.05, 0.1) is 37.2 Å². The third-order valence-electron chi connectivity index (χ3n) is 6.22. The normalized spacial score (nSPS) is 11.4. The van der Waals surface area contributed by atoms with Crippen molar-refractivity contribution in [1.29, 1.82) is 0 Å². The van der Waals surface area contributed by atoms with Crippen LogP contribution in [0.4, 0.5) is 0 Å². The molecule has 4 aromatic carbocycles. The number of nitrogens with zero attached hydrogens (tertiary/aromatic N) is 4. The molecule has 36 heavy (non-hydrogen) atoms. The van der Waals surface area contributed by atoms with E-state index in [-0.39, 0.29) is 0 Å². The van der Waals surface area contributed by atoms with Crippen molar-refractivity contribution < 1.29 is 4.74 Å². The van der Waals surface area contributed by atoms with E-state index in [1.54, 1.807) is 0 Å². The third-order valence-corrected chi connectivity index (χ3v) is 6.55. The topological polar surface area (TPSA) is 52.8 Å². The van der Waals surface area contributed by atoms with E-state index in [9.17, 15) is 0 Å². The van der Waals surface area contributed by atoms with Gasteiger partial charge in [0.1, 0.15) is 5.69 Å². The van der Waals surface area contributed by atoms with Crippen molar-refractivity contribution in [1.82, 2.24) is 20.0 Å². The van der Waals surface area contributed by atoms with Crippen LogP contribution < -0.4 is 0 Å². The summed E-state index contributed by atoms with van der Waals surface area (Å²) in [6.45, 7) is 1.46. The first-order valence-corrected chi connectivity index (χ1v) is 12.2. The van der Waals surface area contributed by atoms with Crippen LogP contribution in [0.3, 0.4) is 0 Å². The fraction of sp³-hybridized carbons (Fsp3) is 0.100. The lowest BCUT2D eigenvalue weighted by Crippen LogP contribution is -2.00. The minimum atomic E-state index is 0.369. The quantitative estimate of drug-likeness (QED) is 0.225. The second-order valence-corrected chi connectivity index (χ2v) is 9.12. The molecule has 0 aliphatic heterocycles. The van der Waals surface area contributed by atoms with Gasteiger partial charge >= 0.3 is 0 Å². The molecule has 0 radical (unpaired) electrons. The maximum Gasteiger partial charge on any atom is 0.108 e. The van der Waals surface area contributed by atoms with Crippen molar-refractivity contribution in [2.45, 2.75) is 19.8 Å². The molecule has 176 valence electrons. The average Bonchev–Trinajstić information content (AvgIpc) is 3.36. The molecule has 0 N–H and O–H groups in total. The van der Waals surface area contributed by atoms with Crippen LogP contribution in [-0.2, 0) is 24.5 Å². The van der Waals surface area contributed by atoms with E-state index in [4.69, 9.17) is 21.3 Å². The highest BCUT2D eigenvalue weighted by molar-refractivity contribution is 6.33. The zero-order valence-corrected chi connectivity index (χ0v) is 20.3. The Morgan fingerprint density at radius 2 is 1.58 bits per heavy atom. The number of fused-ring (bicyclic) bond motifs is 3. The minimum absolute atomic E-state index is 0.369. The SMILES string of the molecule is Clc1ccccc1-c1cc(COCc2cn(Cc3ccccc3)nn2)c2ccc3ccccc3c2n1. The summed E-state index contributed by atoms with van der Waals surface area (Å²) in [6.07, 6.45) is 1.93. The van der Waals surface area contributed by atoms with Crippen molar-refractivity contribution in [2.75, 3.05) is 0 Å². The van der Waals surface area contributed by atoms with Crippen LogP contribution >= 0.6 is 11.6 Å². The van der Waals surface area contributed by atoms with Crippen molar-refractivity contribution in [3.8, 4) is 11.3 Å². The van der Waals surface area contributed by atoms with E-state index < -0.39 is 0 Å². The van der Waals surface area contributed by atoms with Crippen LogP contribution in [0.2, 0.25) is 5.02 Å². The number of halogens is 1. The first-order chi connectivity index (χ1) is 17.7. The summed E-state index contributed by atoms with van der Waals surface area (Å²) < 4.78 is 7.96. The number of hydrogen-bond acceptors (Lipinski definition) is 4. The summed E-state index contributed by atoms with van der Waals surface area (Å²) in [5.74, 6) is 0. The van der Waals surface area contributed by atoms with Crippen molar-refractivity contribution in [2.24, 2.45) is 0 Å². The molecular formula is C30H23ClN4O. The lowest BCUT2D eigenvalue weighted by molar-refractivity contribution is 0.105. The molecule has 6 aromatic rings. The van der Waals surface area contributed by atoms with Gasteiger partial charge in [0.15, 0.2) is 0 Å². The van der Waals surface area contributed by atoms with Gasteiger partial charge in [-0.1, -0.05) is 102 Å². The average molecular weight is 491 g/mol. The Morgan fingerprint density at radius 1 is 0.778 bits per heavy atom. The van der Waals surface area contributed by atoms with E-state index in [2.05, 4.69) is 52.8 Å². The molecule has 2 aromatic heterocycles. The number of ether oxygens (including phenoxy) is 1. The first-order valence-electron chi connectivity index (χ1n) is 11.8. The van der Waals surface area contributed by atoms with Crippen LogP contribution in [0.15, 0.2) is 103 Å². The Kier molecular flexibility index (Phi) is 6.16. The van der Waals surface area contributed by atoms with Crippen LogP contribution in [0.25, 0.3) is 32.9 Å². The standard InChI is InChI=1S/C30H23ClN4O/c31-28-13-7-6-12-27(28)29-16-23(26-15-14-22-10-4-5-11-25(22)30(26)32-29)19-36-20-24-18-35(34-33-24)17-21-8-2-1-3-9-21/h1-16,18H,17,19-20H2. The molecular weight excluding hydrogens is 468 g/mol. The van der Waals surface area contributed by atoms with Crippen LogP contribution in [-0.4, -0.2) is 20.0 Å². The third kappa shape index (κ3) is 4.59. The Balaban J connectivity index is 1.29. The summed E-state index contributed by atoms with van der Waals surface area (Å²) in [7, 11) is 0. The van der Waals surface area contributed by atoms with Crippen LogP contribution in [0.1, 0.15) is 16.8 Å². The molecule has 0 amide bonds. The molecule has 0 spiro atoms. The second kappa shape index (κ2) is 9.90. The molecule has 5 nitrogen and oxygen atoms in total. The zero-order chi connectivity index (χ0) is 24.3. The minimum Gasteiger partial charge on any atom is -0.370 e. The number of aromatic nitrogens is 4. The Bertz CT molecular complexity index is 1660. The Hall–Kier alpha value is -4.06. The predicted octanol–water partition coefficient (Wildman–Crippen LogP) is 7.07. The maximum atomic E-state index is 6.54. The monoisotopic (exact) mass is 490 g/mol. The van der Waals surface area contributed by atoms with Gasteiger partial charge in [-0.2, -0.15) is 0 Å². The number of rotatable bonds is 7. The summed E-state index contributed by atoms with van der Waals surface area (Å²) in [5.41, 5.74) is 5.70. The number of pyridine rings is 1. The molecule has 0 unspecified atom stereocenters. The number of hydrogen-bond donors (Lipinski definition) is 0. The molecule has 0 atom stereocenters. The summed E-state index contributed by atoms with van der Waals surface area (Å²) in [6, 6.07) is 32.6. The molecule has 0 fully saturated rings. The van der Waals surface area contributed by atoms with Crippen molar-refractivity contribution in [3.63, 3.8) is 0 Å². The van der Waals surface area contributed by atoms with E-state index in [1.807, 2.05) is 65.5 Å². The van der Waals surface area contributed by atoms with Gasteiger partial charge in [-0.05, 0) is 28.6 Å². The van der Waals surface area contributed by atoms with Gasteiger partial charge in [-0.15, -0.1) is 5.10 Å². The summed E-state index contributed by atoms with van der Waals surface area (Å²) in [5, 5.41) is 12.5. The van der Waals surface area contributed by atoms with Gasteiger partial charge in [-0.3, -0.25) is 0 Å². The van der Waals surface area contributed by atoms with E-state index >= 15 is 0 Å². The molecule has 6 rings (SSSR count). The zero-order valence-electron chi connectivity index (χ0n) is 19.5.